The van der Waals surface area contributed by atoms with E-state index in [1.165, 1.54) is 0 Å². The first-order valence-electron chi connectivity index (χ1n) is 9.87. The van der Waals surface area contributed by atoms with Gasteiger partial charge < -0.3 is 9.47 Å². The summed E-state index contributed by atoms with van der Waals surface area (Å²) in [5.74, 6) is 1.28. The van der Waals surface area contributed by atoms with E-state index in [1.54, 1.807) is 12.2 Å². The molecule has 3 aromatic carbocycles. The summed E-state index contributed by atoms with van der Waals surface area (Å²) in [6.07, 6.45) is 3.36. The fourth-order valence-corrected chi connectivity index (χ4v) is 3.95. The Hall–Kier alpha value is -3.63. The molecule has 1 aliphatic heterocycles. The second kappa shape index (κ2) is 7.89. The molecule has 152 valence electrons. The summed E-state index contributed by atoms with van der Waals surface area (Å²) in [6, 6.07) is 21.0. The van der Waals surface area contributed by atoms with Gasteiger partial charge in [-0.3, -0.25) is 9.78 Å². The highest BCUT2D eigenvalue weighted by molar-refractivity contribution is 6.30. The molecule has 0 saturated heterocycles. The highest BCUT2D eigenvalue weighted by atomic mass is 35.5. The normalized spacial score (nSPS) is 12.6. The number of aryl methyl sites for hydroxylation is 1. The molecule has 1 aliphatic rings. The Morgan fingerprint density at radius 2 is 1.77 bits per heavy atom. The highest BCUT2D eigenvalue weighted by Crippen LogP contribution is 2.35. The van der Waals surface area contributed by atoms with E-state index < -0.39 is 0 Å². The van der Waals surface area contributed by atoms with Gasteiger partial charge in [-0.15, -0.1) is 0 Å². The lowest BCUT2D eigenvalue weighted by molar-refractivity contribution is 0.104. The minimum Gasteiger partial charge on any atom is -0.454 e. The molecule has 0 spiro atoms. The van der Waals surface area contributed by atoms with Crippen LogP contribution in [0, 0.1) is 6.92 Å². The second-order valence-corrected chi connectivity index (χ2v) is 7.72. The topological polar surface area (TPSA) is 48.4 Å². The van der Waals surface area contributed by atoms with Gasteiger partial charge in [-0.25, -0.2) is 0 Å². The number of ether oxygens (including phenoxy) is 2. The van der Waals surface area contributed by atoms with E-state index >= 15 is 0 Å². The molecule has 2 heterocycles. The Labute approximate surface area is 184 Å². The van der Waals surface area contributed by atoms with Gasteiger partial charge in [-0.1, -0.05) is 54.1 Å². The van der Waals surface area contributed by atoms with Crippen LogP contribution in [0.2, 0.25) is 5.02 Å². The van der Waals surface area contributed by atoms with Crippen LogP contribution in [0.3, 0.4) is 0 Å². The zero-order valence-electron chi connectivity index (χ0n) is 16.8. The Morgan fingerprint density at radius 3 is 2.61 bits per heavy atom. The summed E-state index contributed by atoms with van der Waals surface area (Å²) in [5, 5.41) is 1.57. The lowest BCUT2D eigenvalue weighted by Crippen LogP contribution is -2.05. The Balaban J connectivity index is 1.61. The Bertz CT molecular complexity index is 1340. The van der Waals surface area contributed by atoms with E-state index in [1.807, 2.05) is 73.7 Å². The molecule has 31 heavy (non-hydrogen) atoms. The molecule has 0 saturated carbocycles. The van der Waals surface area contributed by atoms with Crippen molar-refractivity contribution >= 4 is 34.4 Å². The van der Waals surface area contributed by atoms with Crippen molar-refractivity contribution in [2.75, 3.05) is 6.79 Å². The van der Waals surface area contributed by atoms with E-state index in [0.29, 0.717) is 27.8 Å². The summed E-state index contributed by atoms with van der Waals surface area (Å²) in [7, 11) is 0. The molecule has 0 N–H and O–H groups in total. The molecule has 0 atom stereocenters. The third kappa shape index (κ3) is 3.66. The average molecular weight is 428 g/mol. The highest BCUT2D eigenvalue weighted by Gasteiger charge is 2.19. The maximum absolute atomic E-state index is 13.4. The predicted octanol–water partition coefficient (Wildman–Crippen LogP) is 6.49. The molecular formula is C26H18ClNO3. The number of carbonyl (C=O) groups is 1. The van der Waals surface area contributed by atoms with Crippen LogP contribution in [-0.2, 0) is 0 Å². The molecular weight excluding hydrogens is 410 g/mol. The van der Waals surface area contributed by atoms with Gasteiger partial charge in [0.25, 0.3) is 0 Å². The molecule has 4 nitrogen and oxygen atoms in total. The monoisotopic (exact) mass is 427 g/mol. The maximum Gasteiger partial charge on any atom is 0.231 e. The predicted molar refractivity (Wildman–Crippen MR) is 123 cm³/mol. The number of benzene rings is 3. The van der Waals surface area contributed by atoms with Gasteiger partial charge in [0, 0.05) is 21.7 Å². The number of hydrogen-bond acceptors (Lipinski definition) is 4. The quantitative estimate of drug-likeness (QED) is 0.276. The Morgan fingerprint density at radius 1 is 1.00 bits per heavy atom. The van der Waals surface area contributed by atoms with Crippen LogP contribution in [-0.4, -0.2) is 17.6 Å². The lowest BCUT2D eigenvalue weighted by atomic mass is 9.92. The fourth-order valence-electron chi connectivity index (χ4n) is 3.82. The smallest absolute Gasteiger partial charge is 0.231 e. The number of para-hydroxylation sites is 1. The van der Waals surface area contributed by atoms with Gasteiger partial charge in [-0.2, -0.15) is 0 Å². The van der Waals surface area contributed by atoms with Crippen LogP contribution in [0.25, 0.3) is 28.1 Å². The van der Waals surface area contributed by atoms with E-state index in [9.17, 15) is 4.79 Å². The summed E-state index contributed by atoms with van der Waals surface area (Å²) in [4.78, 5) is 18.1. The zero-order chi connectivity index (χ0) is 21.4. The minimum atomic E-state index is -0.113. The maximum atomic E-state index is 13.4. The van der Waals surface area contributed by atoms with E-state index in [2.05, 4.69) is 4.98 Å². The molecule has 5 rings (SSSR count). The molecule has 0 amide bonds. The molecule has 0 fully saturated rings. The van der Waals surface area contributed by atoms with Crippen molar-refractivity contribution in [2.45, 2.75) is 6.92 Å². The summed E-state index contributed by atoms with van der Waals surface area (Å²) >= 11 is 6.10. The molecule has 5 heteroatoms. The third-order valence-electron chi connectivity index (χ3n) is 5.28. The molecule has 0 aliphatic carbocycles. The van der Waals surface area contributed by atoms with Crippen molar-refractivity contribution in [3.8, 4) is 22.6 Å². The number of nitrogens with zero attached hydrogens (tertiary/aromatic N) is 1. The number of ketones is 1. The van der Waals surface area contributed by atoms with E-state index in [0.717, 1.165) is 27.6 Å². The van der Waals surface area contributed by atoms with Crippen LogP contribution in [0.15, 0.2) is 72.8 Å². The van der Waals surface area contributed by atoms with Crippen molar-refractivity contribution in [1.82, 2.24) is 4.98 Å². The zero-order valence-corrected chi connectivity index (χ0v) is 17.5. The largest absolute Gasteiger partial charge is 0.454 e. The van der Waals surface area contributed by atoms with Crippen LogP contribution in [0.1, 0.15) is 21.6 Å². The van der Waals surface area contributed by atoms with Crippen LogP contribution in [0.4, 0.5) is 0 Å². The number of hydrogen-bond donors (Lipinski definition) is 0. The fraction of sp³-hybridized carbons (Fsp3) is 0.0769. The summed E-state index contributed by atoms with van der Waals surface area (Å²) < 4.78 is 10.8. The standard InChI is InChI=1S/C26H18ClNO3/c1-16-25(22(29)12-6-17-7-13-23-24(14-17)31-15-30-23)26(18-8-10-19(27)11-9-18)20-4-2-3-5-21(20)28-16/h2-14H,15H2,1H3/b12-6+. The van der Waals surface area contributed by atoms with Crippen LogP contribution >= 0.6 is 11.6 Å². The average Bonchev–Trinajstić information content (AvgIpc) is 3.25. The van der Waals surface area contributed by atoms with Crippen molar-refractivity contribution < 1.29 is 14.3 Å². The Kier molecular flexibility index (Phi) is 4.92. The number of fused-ring (bicyclic) bond motifs is 2. The molecule has 0 radical (unpaired) electrons. The number of pyridine rings is 1. The molecule has 0 bridgehead atoms. The van der Waals surface area contributed by atoms with Crippen molar-refractivity contribution in [1.29, 1.82) is 0 Å². The second-order valence-electron chi connectivity index (χ2n) is 7.28. The van der Waals surface area contributed by atoms with E-state index in [4.69, 9.17) is 21.1 Å². The first-order chi connectivity index (χ1) is 15.1. The number of halogens is 1. The SMILES string of the molecule is Cc1nc2ccccc2c(-c2ccc(Cl)cc2)c1C(=O)/C=C/c1ccc2c(c1)OCO2. The third-order valence-corrected chi connectivity index (χ3v) is 5.53. The summed E-state index contributed by atoms with van der Waals surface area (Å²) in [6.45, 7) is 2.08. The van der Waals surface area contributed by atoms with Crippen molar-refractivity contribution in [3.05, 3.63) is 94.6 Å². The van der Waals surface area contributed by atoms with Crippen molar-refractivity contribution in [3.63, 3.8) is 0 Å². The lowest BCUT2D eigenvalue weighted by Gasteiger charge is -2.14. The molecule has 1 aromatic heterocycles. The van der Waals surface area contributed by atoms with Gasteiger partial charge in [-0.05, 0) is 54.5 Å². The van der Waals surface area contributed by atoms with Crippen molar-refractivity contribution in [2.24, 2.45) is 0 Å². The number of carbonyl (C=O) groups excluding carboxylic acids is 1. The number of aromatic nitrogens is 1. The molecule has 4 aromatic rings. The summed E-state index contributed by atoms with van der Waals surface area (Å²) in [5.41, 5.74) is 4.76. The number of allylic oxidation sites excluding steroid dienone is 1. The van der Waals surface area contributed by atoms with Gasteiger partial charge >= 0.3 is 0 Å². The first-order valence-corrected chi connectivity index (χ1v) is 10.3. The van der Waals surface area contributed by atoms with Gasteiger partial charge in [0.05, 0.1) is 11.1 Å². The molecule has 0 unspecified atom stereocenters. The van der Waals surface area contributed by atoms with Gasteiger partial charge in [0.15, 0.2) is 17.3 Å². The van der Waals surface area contributed by atoms with E-state index in [-0.39, 0.29) is 12.6 Å². The first kappa shape index (κ1) is 19.3. The van der Waals surface area contributed by atoms with Crippen LogP contribution < -0.4 is 9.47 Å². The van der Waals surface area contributed by atoms with Gasteiger partial charge in [0.2, 0.25) is 6.79 Å². The van der Waals surface area contributed by atoms with Crippen LogP contribution in [0.5, 0.6) is 11.5 Å². The minimum absolute atomic E-state index is 0.113. The van der Waals surface area contributed by atoms with Gasteiger partial charge in [0.1, 0.15) is 0 Å². The number of rotatable bonds is 4.